The Morgan fingerprint density at radius 2 is 1.33 bits per heavy atom. The highest BCUT2D eigenvalue weighted by Gasteiger charge is 2.18. The first-order valence-electron chi connectivity index (χ1n) is 5.76. The van der Waals surface area contributed by atoms with Crippen molar-refractivity contribution in [2.24, 2.45) is 3.77 Å². The van der Waals surface area contributed by atoms with Crippen LogP contribution in [0.4, 0.5) is 0 Å². The van der Waals surface area contributed by atoms with Gasteiger partial charge in [0.1, 0.15) is 0 Å². The quantitative estimate of drug-likeness (QED) is 0.773. The zero-order valence-electron chi connectivity index (χ0n) is 10.9. The largest absolute Gasteiger partial charge is 0.291 e. The van der Waals surface area contributed by atoms with Crippen LogP contribution in [0.3, 0.4) is 0 Å². The Hall–Kier alpha value is -1.08. The van der Waals surface area contributed by atoms with Gasteiger partial charge in [-0.05, 0) is 43.3 Å². The second kappa shape index (κ2) is 5.96. The van der Waals surface area contributed by atoms with Gasteiger partial charge in [0.05, 0.1) is 9.79 Å². The normalized spacial score (nSPS) is 14.4. The summed E-state index contributed by atoms with van der Waals surface area (Å²) in [6, 6.07) is 11.7. The van der Waals surface area contributed by atoms with E-state index in [4.69, 9.17) is 22.3 Å². The molecule has 0 aliphatic rings. The molecule has 8 heteroatoms. The molecule has 21 heavy (non-hydrogen) atoms. The van der Waals surface area contributed by atoms with E-state index >= 15 is 0 Å². The molecule has 0 heterocycles. The molecule has 112 valence electrons. The smallest absolute Gasteiger partial charge is 0.227 e. The molecule has 0 saturated heterocycles. The van der Waals surface area contributed by atoms with Crippen molar-refractivity contribution in [1.82, 2.24) is 0 Å². The molecule has 0 fully saturated rings. The summed E-state index contributed by atoms with van der Waals surface area (Å²) < 4.78 is 40.0. The second-order valence-corrected chi connectivity index (χ2v) is 9.37. The zero-order valence-corrected chi connectivity index (χ0v) is 14.0. The number of benzene rings is 2. The summed E-state index contributed by atoms with van der Waals surface area (Å²) in [7, 11) is -1.88. The fourth-order valence-electron chi connectivity index (χ4n) is 1.52. The van der Waals surface area contributed by atoms with E-state index in [9.17, 15) is 12.6 Å². The first kappa shape index (κ1) is 16.3. The van der Waals surface area contributed by atoms with E-state index in [1.54, 1.807) is 12.1 Å². The molecule has 1 unspecified atom stereocenters. The summed E-state index contributed by atoms with van der Waals surface area (Å²) in [5.41, 5.74) is 0.901. The summed E-state index contributed by atoms with van der Waals surface area (Å²) >= 11 is 5.72. The third kappa shape index (κ3) is 3.97. The van der Waals surface area contributed by atoms with Crippen LogP contribution in [0.15, 0.2) is 62.1 Å². The standard InChI is InChI=1S/C13H11Cl2NO3S2/c1-10-2-6-13(7-3-10)21(18,19)16-20(15,17)12-8-4-11(14)5-9-12/h2-9H,1H3. The highest BCUT2D eigenvalue weighted by molar-refractivity contribution is 8.19. The Morgan fingerprint density at radius 3 is 1.86 bits per heavy atom. The van der Waals surface area contributed by atoms with E-state index in [1.165, 1.54) is 36.4 Å². The van der Waals surface area contributed by atoms with Crippen LogP contribution in [-0.4, -0.2) is 12.6 Å². The third-order valence-corrected chi connectivity index (χ3v) is 7.18. The van der Waals surface area contributed by atoms with Crippen LogP contribution in [0.2, 0.25) is 5.02 Å². The lowest BCUT2D eigenvalue weighted by Gasteiger charge is -2.04. The van der Waals surface area contributed by atoms with Crippen LogP contribution in [0.5, 0.6) is 0 Å². The minimum atomic E-state index is -4.11. The van der Waals surface area contributed by atoms with Gasteiger partial charge in [0.2, 0.25) is 0 Å². The topological polar surface area (TPSA) is 63.6 Å². The maximum absolute atomic E-state index is 12.3. The van der Waals surface area contributed by atoms with Crippen LogP contribution < -0.4 is 0 Å². The van der Waals surface area contributed by atoms with Gasteiger partial charge in [-0.1, -0.05) is 33.1 Å². The van der Waals surface area contributed by atoms with Crippen LogP contribution in [0, 0.1) is 6.92 Å². The molecule has 2 rings (SSSR count). The number of hydrogen-bond donors (Lipinski definition) is 0. The summed E-state index contributed by atoms with van der Waals surface area (Å²) in [5.74, 6) is 0. The highest BCUT2D eigenvalue weighted by atomic mass is 35.7. The van der Waals surface area contributed by atoms with Crippen molar-refractivity contribution in [3.8, 4) is 0 Å². The van der Waals surface area contributed by atoms with Crippen molar-refractivity contribution in [3.63, 3.8) is 0 Å². The van der Waals surface area contributed by atoms with Crippen LogP contribution in [0.1, 0.15) is 5.56 Å². The lowest BCUT2D eigenvalue weighted by Crippen LogP contribution is -2.01. The maximum Gasteiger partial charge on any atom is 0.291 e. The van der Waals surface area contributed by atoms with E-state index in [2.05, 4.69) is 3.77 Å². The van der Waals surface area contributed by atoms with Gasteiger partial charge in [-0.2, -0.15) is 8.42 Å². The van der Waals surface area contributed by atoms with Crippen LogP contribution in [0.25, 0.3) is 0 Å². The molecule has 0 spiro atoms. The Bertz CT molecular complexity index is 867. The molecule has 0 N–H and O–H groups in total. The lowest BCUT2D eigenvalue weighted by atomic mass is 10.2. The number of sulfonamides is 1. The average molecular weight is 364 g/mol. The molecule has 0 saturated carbocycles. The van der Waals surface area contributed by atoms with Gasteiger partial charge >= 0.3 is 0 Å². The fourth-order valence-corrected chi connectivity index (χ4v) is 5.28. The van der Waals surface area contributed by atoms with Crippen molar-refractivity contribution in [2.45, 2.75) is 16.7 Å². The Labute approximate surface area is 133 Å². The molecular formula is C13H11Cl2NO3S2. The molecule has 0 aromatic heterocycles. The van der Waals surface area contributed by atoms with Crippen molar-refractivity contribution in [3.05, 3.63) is 59.1 Å². The van der Waals surface area contributed by atoms with Gasteiger partial charge in [-0.25, -0.2) is 4.21 Å². The van der Waals surface area contributed by atoms with Crippen molar-refractivity contribution in [2.75, 3.05) is 0 Å². The Morgan fingerprint density at radius 1 is 0.857 bits per heavy atom. The molecule has 1 atom stereocenters. The Balaban J connectivity index is 2.52. The van der Waals surface area contributed by atoms with Gasteiger partial charge in [0.15, 0.2) is 8.94 Å². The van der Waals surface area contributed by atoms with Gasteiger partial charge < -0.3 is 0 Å². The first-order chi connectivity index (χ1) is 9.71. The molecule has 0 bridgehead atoms. The lowest BCUT2D eigenvalue weighted by molar-refractivity contribution is 0.598. The Kier molecular flexibility index (Phi) is 4.63. The first-order valence-corrected chi connectivity index (χ1v) is 9.92. The van der Waals surface area contributed by atoms with E-state index in [0.717, 1.165) is 5.56 Å². The van der Waals surface area contributed by atoms with Crippen LogP contribution in [-0.2, 0) is 19.0 Å². The molecule has 4 nitrogen and oxygen atoms in total. The van der Waals surface area contributed by atoms with Gasteiger partial charge in [0, 0.05) is 15.7 Å². The summed E-state index contributed by atoms with van der Waals surface area (Å²) in [5, 5.41) is 0.423. The zero-order chi connectivity index (χ0) is 15.7. The summed E-state index contributed by atoms with van der Waals surface area (Å²) in [6.45, 7) is 1.83. The predicted molar refractivity (Wildman–Crippen MR) is 84.5 cm³/mol. The number of rotatable bonds is 3. The SMILES string of the molecule is Cc1ccc(S(=O)(=O)N=S(=O)(Cl)c2ccc(Cl)cc2)cc1. The summed E-state index contributed by atoms with van der Waals surface area (Å²) in [4.78, 5) is 0.0275. The minimum absolute atomic E-state index is 0.0598. The average Bonchev–Trinajstić information content (AvgIpc) is 2.38. The summed E-state index contributed by atoms with van der Waals surface area (Å²) in [6.07, 6.45) is 0. The number of nitrogens with zero attached hydrogens (tertiary/aromatic N) is 1. The third-order valence-electron chi connectivity index (χ3n) is 2.62. The maximum atomic E-state index is 12.3. The van der Waals surface area contributed by atoms with Gasteiger partial charge in [-0.15, -0.1) is 0 Å². The molecule has 0 aliphatic heterocycles. The molecule has 0 aliphatic carbocycles. The molecule has 2 aromatic rings. The highest BCUT2D eigenvalue weighted by Crippen LogP contribution is 2.24. The van der Waals surface area contributed by atoms with E-state index in [0.29, 0.717) is 5.02 Å². The fraction of sp³-hybridized carbons (Fsp3) is 0.0769. The van der Waals surface area contributed by atoms with Gasteiger partial charge in [-0.3, -0.25) is 0 Å². The van der Waals surface area contributed by atoms with Crippen LogP contribution >= 0.6 is 22.3 Å². The molecule has 0 amide bonds. The van der Waals surface area contributed by atoms with Crippen molar-refractivity contribution in [1.29, 1.82) is 0 Å². The number of hydrogen-bond acceptors (Lipinski definition) is 3. The molecular weight excluding hydrogens is 353 g/mol. The monoisotopic (exact) mass is 363 g/mol. The van der Waals surface area contributed by atoms with E-state index in [1.807, 2.05) is 6.92 Å². The van der Waals surface area contributed by atoms with E-state index in [-0.39, 0.29) is 9.79 Å². The van der Waals surface area contributed by atoms with Gasteiger partial charge in [0.25, 0.3) is 10.0 Å². The van der Waals surface area contributed by atoms with Crippen molar-refractivity contribution >= 4 is 41.2 Å². The second-order valence-electron chi connectivity index (χ2n) is 4.27. The molecule has 0 radical (unpaired) electrons. The van der Waals surface area contributed by atoms with Crippen molar-refractivity contribution < 1.29 is 12.6 Å². The number of halogens is 2. The minimum Gasteiger partial charge on any atom is -0.227 e. The molecule has 2 aromatic carbocycles. The predicted octanol–water partition coefficient (Wildman–Crippen LogP) is 4.02. The van der Waals surface area contributed by atoms with E-state index < -0.39 is 19.0 Å². The number of aryl methyl sites for hydroxylation is 1.